The summed E-state index contributed by atoms with van der Waals surface area (Å²) in [6.07, 6.45) is 4.25. The van der Waals surface area contributed by atoms with Crippen molar-refractivity contribution in [3.63, 3.8) is 0 Å². The first-order chi connectivity index (χ1) is 9.79. The van der Waals surface area contributed by atoms with Crippen molar-refractivity contribution in [2.24, 2.45) is 0 Å². The highest BCUT2D eigenvalue weighted by Crippen LogP contribution is 2.32. The van der Waals surface area contributed by atoms with E-state index in [2.05, 4.69) is 9.97 Å². The summed E-state index contributed by atoms with van der Waals surface area (Å²) in [6.45, 7) is 0.0784. The number of rotatable bonds is 4. The van der Waals surface area contributed by atoms with Crippen LogP contribution in [-0.2, 0) is 0 Å². The number of hydrogen-bond acceptors (Lipinski definition) is 2. The summed E-state index contributed by atoms with van der Waals surface area (Å²) < 4.78 is 13.1. The van der Waals surface area contributed by atoms with Crippen LogP contribution in [0.4, 0.5) is 4.39 Å². The molecule has 0 aliphatic rings. The summed E-state index contributed by atoms with van der Waals surface area (Å²) in [7, 11) is 0. The van der Waals surface area contributed by atoms with E-state index in [9.17, 15) is 9.50 Å². The van der Waals surface area contributed by atoms with Crippen LogP contribution in [0.3, 0.4) is 0 Å². The van der Waals surface area contributed by atoms with Crippen molar-refractivity contribution in [3.8, 4) is 0 Å². The van der Waals surface area contributed by atoms with E-state index in [-0.39, 0.29) is 18.3 Å². The number of benzene rings is 1. The molecule has 2 aromatic heterocycles. The predicted octanol–water partition coefficient (Wildman–Crippen LogP) is 3.22. The second-order valence-electron chi connectivity index (χ2n) is 4.76. The number of H-pyrrole nitrogens is 1. The monoisotopic (exact) mass is 270 g/mol. The fraction of sp³-hybridized carbons (Fsp3) is 0.188. The molecule has 2 N–H and O–H groups in total. The zero-order chi connectivity index (χ0) is 13.9. The summed E-state index contributed by atoms with van der Waals surface area (Å²) in [5.74, 6) is -0.226. The minimum Gasteiger partial charge on any atom is -0.396 e. The van der Waals surface area contributed by atoms with Crippen LogP contribution in [0, 0.1) is 5.82 Å². The molecule has 102 valence electrons. The molecular weight excluding hydrogens is 255 g/mol. The number of pyridine rings is 1. The van der Waals surface area contributed by atoms with Gasteiger partial charge in [-0.3, -0.25) is 0 Å². The van der Waals surface area contributed by atoms with Crippen LogP contribution >= 0.6 is 0 Å². The van der Waals surface area contributed by atoms with Gasteiger partial charge in [0.15, 0.2) is 0 Å². The first kappa shape index (κ1) is 12.8. The Kier molecular flexibility index (Phi) is 3.48. The van der Waals surface area contributed by atoms with Crippen LogP contribution in [-0.4, -0.2) is 21.7 Å². The van der Waals surface area contributed by atoms with E-state index in [0.717, 1.165) is 22.2 Å². The van der Waals surface area contributed by atoms with Crippen LogP contribution in [0.15, 0.2) is 48.8 Å². The van der Waals surface area contributed by atoms with Gasteiger partial charge < -0.3 is 10.1 Å². The van der Waals surface area contributed by atoms with Gasteiger partial charge in [0.25, 0.3) is 0 Å². The summed E-state index contributed by atoms with van der Waals surface area (Å²) in [6, 6.07) is 10.3. The molecule has 20 heavy (non-hydrogen) atoms. The molecule has 2 heterocycles. The fourth-order valence-electron chi connectivity index (χ4n) is 2.59. The second kappa shape index (κ2) is 5.43. The summed E-state index contributed by atoms with van der Waals surface area (Å²) in [4.78, 5) is 7.42. The van der Waals surface area contributed by atoms with Gasteiger partial charge in [0.2, 0.25) is 0 Å². The Morgan fingerprint density at radius 3 is 2.75 bits per heavy atom. The number of aliphatic hydroxyl groups excluding tert-OH is 1. The minimum absolute atomic E-state index is 0.0264. The van der Waals surface area contributed by atoms with Crippen molar-refractivity contribution in [3.05, 3.63) is 65.7 Å². The molecule has 3 rings (SSSR count). The molecule has 3 nitrogen and oxygen atoms in total. The number of nitrogens with zero attached hydrogens (tertiary/aromatic N) is 1. The van der Waals surface area contributed by atoms with Crippen molar-refractivity contribution < 1.29 is 9.50 Å². The average Bonchev–Trinajstić information content (AvgIpc) is 2.90. The smallest absolute Gasteiger partial charge is 0.137 e. The normalized spacial score (nSPS) is 12.7. The molecule has 0 radical (unpaired) electrons. The molecule has 0 aliphatic carbocycles. The number of aliphatic hydroxyl groups is 1. The fourth-order valence-corrected chi connectivity index (χ4v) is 2.59. The maximum absolute atomic E-state index is 13.1. The number of halogens is 1. The zero-order valence-electron chi connectivity index (χ0n) is 10.9. The third kappa shape index (κ3) is 2.30. The van der Waals surface area contributed by atoms with Gasteiger partial charge in [0.1, 0.15) is 11.5 Å². The molecule has 1 unspecified atom stereocenters. The molecular formula is C16H15FN2O. The molecule has 0 amide bonds. The molecule has 1 aromatic carbocycles. The Bertz CT molecular complexity index is 706. The number of fused-ring (bicyclic) bond motifs is 1. The summed E-state index contributed by atoms with van der Waals surface area (Å²) >= 11 is 0. The lowest BCUT2D eigenvalue weighted by Crippen LogP contribution is -2.03. The largest absolute Gasteiger partial charge is 0.396 e. The maximum atomic E-state index is 13.1. The lowest BCUT2D eigenvalue weighted by Gasteiger charge is -2.16. The molecule has 3 aromatic rings. The Labute approximate surface area is 116 Å². The van der Waals surface area contributed by atoms with E-state index in [1.165, 1.54) is 12.1 Å². The van der Waals surface area contributed by atoms with Crippen LogP contribution in [0.25, 0.3) is 11.0 Å². The second-order valence-corrected chi connectivity index (χ2v) is 4.76. The van der Waals surface area contributed by atoms with Crippen LogP contribution < -0.4 is 0 Å². The van der Waals surface area contributed by atoms with E-state index in [1.54, 1.807) is 18.3 Å². The number of hydrogen-bond donors (Lipinski definition) is 2. The number of aromatic nitrogens is 2. The highest BCUT2D eigenvalue weighted by molar-refractivity contribution is 5.80. The standard InChI is InChI=1S/C16H15FN2O/c17-12-5-3-11(4-6-12)13(7-9-20)15-10-19-16-14(15)2-1-8-18-16/h1-6,8,10,13,20H,7,9H2,(H,18,19). The predicted molar refractivity (Wildman–Crippen MR) is 76.0 cm³/mol. The first-order valence-electron chi connectivity index (χ1n) is 6.58. The van der Waals surface area contributed by atoms with Gasteiger partial charge in [-0.15, -0.1) is 0 Å². The van der Waals surface area contributed by atoms with E-state index in [0.29, 0.717) is 6.42 Å². The summed E-state index contributed by atoms with van der Waals surface area (Å²) in [5, 5.41) is 10.4. The van der Waals surface area contributed by atoms with E-state index < -0.39 is 0 Å². The average molecular weight is 270 g/mol. The molecule has 0 fully saturated rings. The van der Waals surface area contributed by atoms with E-state index in [1.807, 2.05) is 18.3 Å². The van der Waals surface area contributed by atoms with Gasteiger partial charge in [-0.05, 0) is 41.8 Å². The van der Waals surface area contributed by atoms with Crippen molar-refractivity contribution in [2.75, 3.05) is 6.61 Å². The van der Waals surface area contributed by atoms with E-state index >= 15 is 0 Å². The molecule has 0 spiro atoms. The van der Waals surface area contributed by atoms with Gasteiger partial charge >= 0.3 is 0 Å². The number of nitrogens with one attached hydrogen (secondary N) is 1. The molecule has 0 aliphatic heterocycles. The Hall–Kier alpha value is -2.20. The quantitative estimate of drug-likeness (QED) is 0.764. The van der Waals surface area contributed by atoms with Gasteiger partial charge in [-0.1, -0.05) is 12.1 Å². The van der Waals surface area contributed by atoms with Crippen molar-refractivity contribution >= 4 is 11.0 Å². The van der Waals surface area contributed by atoms with Crippen molar-refractivity contribution in [1.82, 2.24) is 9.97 Å². The van der Waals surface area contributed by atoms with Gasteiger partial charge in [-0.25, -0.2) is 9.37 Å². The highest BCUT2D eigenvalue weighted by Gasteiger charge is 2.18. The summed E-state index contributed by atoms with van der Waals surface area (Å²) in [5.41, 5.74) is 2.89. The lowest BCUT2D eigenvalue weighted by molar-refractivity contribution is 0.282. The molecule has 0 saturated carbocycles. The first-order valence-corrected chi connectivity index (χ1v) is 6.58. The van der Waals surface area contributed by atoms with Crippen LogP contribution in [0.2, 0.25) is 0 Å². The Morgan fingerprint density at radius 2 is 2.00 bits per heavy atom. The van der Waals surface area contributed by atoms with Crippen LogP contribution in [0.1, 0.15) is 23.5 Å². The third-order valence-corrected chi connectivity index (χ3v) is 3.55. The minimum atomic E-state index is -0.253. The van der Waals surface area contributed by atoms with Crippen molar-refractivity contribution in [2.45, 2.75) is 12.3 Å². The van der Waals surface area contributed by atoms with Crippen LogP contribution in [0.5, 0.6) is 0 Å². The molecule has 1 atom stereocenters. The van der Waals surface area contributed by atoms with Gasteiger partial charge in [0.05, 0.1) is 0 Å². The maximum Gasteiger partial charge on any atom is 0.137 e. The van der Waals surface area contributed by atoms with Gasteiger partial charge in [0, 0.05) is 30.3 Å². The Morgan fingerprint density at radius 1 is 1.20 bits per heavy atom. The number of aromatic amines is 1. The SMILES string of the molecule is OCCC(c1ccc(F)cc1)c1c[nH]c2ncccc12. The lowest BCUT2D eigenvalue weighted by atomic mass is 9.89. The van der Waals surface area contributed by atoms with Crippen molar-refractivity contribution in [1.29, 1.82) is 0 Å². The molecule has 0 bridgehead atoms. The molecule has 4 heteroatoms. The molecule has 0 saturated heterocycles. The van der Waals surface area contributed by atoms with E-state index in [4.69, 9.17) is 0 Å². The topological polar surface area (TPSA) is 48.9 Å². The Balaban J connectivity index is 2.08. The van der Waals surface area contributed by atoms with Gasteiger partial charge in [-0.2, -0.15) is 0 Å². The third-order valence-electron chi connectivity index (χ3n) is 3.55. The zero-order valence-corrected chi connectivity index (χ0v) is 10.9. The highest BCUT2D eigenvalue weighted by atomic mass is 19.1.